The first-order valence-corrected chi connectivity index (χ1v) is 5.68. The van der Waals surface area contributed by atoms with Crippen LogP contribution in [0.3, 0.4) is 0 Å². The molecule has 1 heterocycles. The highest BCUT2D eigenvalue weighted by Crippen LogP contribution is 2.17. The number of benzene rings is 1. The fraction of sp³-hybridized carbons (Fsp3) is 0.308. The Balaban J connectivity index is 2.57. The van der Waals surface area contributed by atoms with Gasteiger partial charge in [0.25, 0.3) is 0 Å². The van der Waals surface area contributed by atoms with Crippen LogP contribution in [0.15, 0.2) is 24.3 Å². The van der Waals surface area contributed by atoms with Gasteiger partial charge < -0.3 is 0 Å². The molecule has 0 fully saturated rings. The first kappa shape index (κ1) is 11.3. The molecule has 0 bridgehead atoms. The van der Waals surface area contributed by atoms with Crippen molar-refractivity contribution in [2.75, 3.05) is 0 Å². The van der Waals surface area contributed by atoms with Crippen molar-refractivity contribution in [1.82, 2.24) is 15.0 Å². The molecule has 0 atom stereocenters. The summed E-state index contributed by atoms with van der Waals surface area (Å²) in [6.07, 6.45) is 1.78. The van der Waals surface area contributed by atoms with Crippen LogP contribution >= 0.6 is 0 Å². The number of hydrogen-bond acceptors (Lipinski definition) is 3. The average molecular weight is 226 g/mol. The number of hydrogen-bond donors (Lipinski definition) is 0. The van der Waals surface area contributed by atoms with Gasteiger partial charge in [0.1, 0.15) is 6.07 Å². The SMILES string of the molecule is CCCc1c(C#N)nnn1-c1ccccc1C. The maximum absolute atomic E-state index is 9.01. The Kier molecular flexibility index (Phi) is 3.20. The maximum Gasteiger partial charge on any atom is 0.186 e. The van der Waals surface area contributed by atoms with Crippen molar-refractivity contribution in [3.63, 3.8) is 0 Å². The minimum Gasteiger partial charge on any atom is -0.216 e. The summed E-state index contributed by atoms with van der Waals surface area (Å²) in [5.74, 6) is 0. The molecular formula is C13H14N4. The molecule has 1 aromatic carbocycles. The van der Waals surface area contributed by atoms with Gasteiger partial charge >= 0.3 is 0 Å². The number of aryl methyl sites for hydroxylation is 1. The van der Waals surface area contributed by atoms with Crippen LogP contribution in [0.1, 0.15) is 30.3 Å². The van der Waals surface area contributed by atoms with Crippen molar-refractivity contribution in [2.24, 2.45) is 0 Å². The zero-order valence-corrected chi connectivity index (χ0v) is 10.0. The summed E-state index contributed by atoms with van der Waals surface area (Å²) in [4.78, 5) is 0. The largest absolute Gasteiger partial charge is 0.216 e. The van der Waals surface area contributed by atoms with E-state index in [1.165, 1.54) is 0 Å². The lowest BCUT2D eigenvalue weighted by Crippen LogP contribution is -2.04. The topological polar surface area (TPSA) is 54.5 Å². The van der Waals surface area contributed by atoms with Gasteiger partial charge in [-0.25, -0.2) is 4.68 Å². The molecule has 1 aromatic heterocycles. The number of nitriles is 1. The second-order valence-corrected chi connectivity index (χ2v) is 3.94. The summed E-state index contributed by atoms with van der Waals surface area (Å²) in [6, 6.07) is 10.1. The van der Waals surface area contributed by atoms with E-state index in [1.54, 1.807) is 4.68 Å². The molecule has 0 amide bonds. The lowest BCUT2D eigenvalue weighted by molar-refractivity contribution is 0.742. The summed E-state index contributed by atoms with van der Waals surface area (Å²) in [5, 5.41) is 17.0. The van der Waals surface area contributed by atoms with E-state index in [0.717, 1.165) is 29.8 Å². The van der Waals surface area contributed by atoms with Crippen molar-refractivity contribution < 1.29 is 0 Å². The molecule has 0 radical (unpaired) electrons. The monoisotopic (exact) mass is 226 g/mol. The second kappa shape index (κ2) is 4.79. The Hall–Kier alpha value is -2.15. The first-order chi connectivity index (χ1) is 8.27. The Morgan fingerprint density at radius 1 is 1.35 bits per heavy atom. The Morgan fingerprint density at radius 2 is 2.12 bits per heavy atom. The highest BCUT2D eigenvalue weighted by molar-refractivity contribution is 5.42. The molecule has 0 aliphatic carbocycles. The lowest BCUT2D eigenvalue weighted by Gasteiger charge is -2.08. The fourth-order valence-electron chi connectivity index (χ4n) is 1.84. The van der Waals surface area contributed by atoms with E-state index < -0.39 is 0 Å². The van der Waals surface area contributed by atoms with Crippen molar-refractivity contribution in [1.29, 1.82) is 5.26 Å². The van der Waals surface area contributed by atoms with Gasteiger partial charge in [-0.15, -0.1) is 5.10 Å². The van der Waals surface area contributed by atoms with Crippen molar-refractivity contribution >= 4 is 0 Å². The normalized spacial score (nSPS) is 10.2. The Labute approximate surface area is 101 Å². The molecule has 0 spiro atoms. The van der Waals surface area contributed by atoms with E-state index in [-0.39, 0.29) is 0 Å². The molecule has 2 aromatic rings. The van der Waals surface area contributed by atoms with Gasteiger partial charge in [0.15, 0.2) is 5.69 Å². The van der Waals surface area contributed by atoms with Gasteiger partial charge in [-0.2, -0.15) is 5.26 Å². The first-order valence-electron chi connectivity index (χ1n) is 5.68. The lowest BCUT2D eigenvalue weighted by atomic mass is 10.1. The zero-order valence-electron chi connectivity index (χ0n) is 10.0. The van der Waals surface area contributed by atoms with Gasteiger partial charge in [0.2, 0.25) is 0 Å². The molecule has 4 heteroatoms. The molecule has 0 N–H and O–H groups in total. The number of nitrogens with zero attached hydrogens (tertiary/aromatic N) is 4. The molecule has 0 unspecified atom stereocenters. The van der Waals surface area contributed by atoms with Crippen LogP contribution in [0.2, 0.25) is 0 Å². The molecule has 0 saturated heterocycles. The maximum atomic E-state index is 9.01. The van der Waals surface area contributed by atoms with E-state index in [2.05, 4.69) is 23.3 Å². The third-order valence-electron chi connectivity index (χ3n) is 2.70. The predicted octanol–water partition coefficient (Wildman–Crippen LogP) is 2.40. The van der Waals surface area contributed by atoms with E-state index >= 15 is 0 Å². The summed E-state index contributed by atoms with van der Waals surface area (Å²) < 4.78 is 1.78. The zero-order chi connectivity index (χ0) is 12.3. The van der Waals surface area contributed by atoms with Crippen LogP contribution in [0, 0.1) is 18.3 Å². The quantitative estimate of drug-likeness (QED) is 0.807. The standard InChI is InChI=1S/C13H14N4/c1-3-6-13-11(9-14)15-16-17(13)12-8-5-4-7-10(12)2/h4-5,7-8H,3,6H2,1-2H3. The third kappa shape index (κ3) is 2.04. The van der Waals surface area contributed by atoms with Gasteiger partial charge in [-0.1, -0.05) is 36.8 Å². The van der Waals surface area contributed by atoms with Crippen molar-refractivity contribution in [3.05, 3.63) is 41.2 Å². The van der Waals surface area contributed by atoms with Gasteiger partial charge in [0, 0.05) is 0 Å². The van der Waals surface area contributed by atoms with E-state index in [0.29, 0.717) is 5.69 Å². The van der Waals surface area contributed by atoms with Crippen LogP contribution in [0.5, 0.6) is 0 Å². The summed E-state index contributed by atoms with van der Waals surface area (Å²) in [7, 11) is 0. The van der Waals surface area contributed by atoms with E-state index in [9.17, 15) is 0 Å². The summed E-state index contributed by atoms with van der Waals surface area (Å²) in [6.45, 7) is 4.11. The summed E-state index contributed by atoms with van der Waals surface area (Å²) >= 11 is 0. The summed E-state index contributed by atoms with van der Waals surface area (Å²) in [5.41, 5.74) is 3.43. The molecule has 86 valence electrons. The fourth-order valence-corrected chi connectivity index (χ4v) is 1.84. The van der Waals surface area contributed by atoms with Gasteiger partial charge in [0.05, 0.1) is 11.4 Å². The molecular weight excluding hydrogens is 212 g/mol. The molecule has 2 rings (SSSR count). The number of rotatable bonds is 3. The van der Waals surface area contributed by atoms with Crippen LogP contribution in [-0.4, -0.2) is 15.0 Å². The van der Waals surface area contributed by atoms with Gasteiger partial charge in [-0.05, 0) is 25.0 Å². The molecule has 17 heavy (non-hydrogen) atoms. The van der Waals surface area contributed by atoms with Crippen LogP contribution in [-0.2, 0) is 6.42 Å². The predicted molar refractivity (Wildman–Crippen MR) is 64.8 cm³/mol. The molecule has 0 aliphatic rings. The van der Waals surface area contributed by atoms with E-state index in [1.807, 2.05) is 31.2 Å². The Morgan fingerprint density at radius 3 is 2.76 bits per heavy atom. The van der Waals surface area contributed by atoms with Crippen molar-refractivity contribution in [2.45, 2.75) is 26.7 Å². The Bertz CT molecular complexity index is 563. The molecule has 4 nitrogen and oxygen atoms in total. The minimum atomic E-state index is 0.426. The number of para-hydroxylation sites is 1. The highest BCUT2D eigenvalue weighted by atomic mass is 15.4. The minimum absolute atomic E-state index is 0.426. The van der Waals surface area contributed by atoms with Crippen LogP contribution < -0.4 is 0 Å². The smallest absolute Gasteiger partial charge is 0.186 e. The number of aromatic nitrogens is 3. The molecule has 0 aliphatic heterocycles. The van der Waals surface area contributed by atoms with E-state index in [4.69, 9.17) is 5.26 Å². The average Bonchev–Trinajstić information content (AvgIpc) is 2.73. The van der Waals surface area contributed by atoms with Crippen LogP contribution in [0.4, 0.5) is 0 Å². The second-order valence-electron chi connectivity index (χ2n) is 3.94. The molecule has 0 saturated carbocycles. The van der Waals surface area contributed by atoms with Crippen molar-refractivity contribution in [3.8, 4) is 11.8 Å². The van der Waals surface area contributed by atoms with Gasteiger partial charge in [-0.3, -0.25) is 0 Å². The highest BCUT2D eigenvalue weighted by Gasteiger charge is 2.13. The third-order valence-corrected chi connectivity index (χ3v) is 2.70. The van der Waals surface area contributed by atoms with Crippen LogP contribution in [0.25, 0.3) is 5.69 Å².